The molecule has 4 fully saturated rings. The summed E-state index contributed by atoms with van der Waals surface area (Å²) in [6.45, 7) is 12.6. The summed E-state index contributed by atoms with van der Waals surface area (Å²) in [7, 11) is 0. The number of rotatable bonds is 9. The summed E-state index contributed by atoms with van der Waals surface area (Å²) in [5.41, 5.74) is 2.48. The van der Waals surface area contributed by atoms with Gasteiger partial charge < -0.3 is 29.5 Å². The van der Waals surface area contributed by atoms with E-state index in [0.717, 1.165) is 36.3 Å². The lowest BCUT2D eigenvalue weighted by atomic mass is 9.80. The van der Waals surface area contributed by atoms with Gasteiger partial charge in [0, 0.05) is 32.2 Å². The summed E-state index contributed by atoms with van der Waals surface area (Å²) in [6, 6.07) is 10.9. The predicted octanol–water partition coefficient (Wildman–Crippen LogP) is 6.38. The molecule has 0 amide bonds. The minimum Gasteiger partial charge on any atom is -0.481 e. The van der Waals surface area contributed by atoms with E-state index in [1.807, 2.05) is 13.8 Å². The second-order valence-corrected chi connectivity index (χ2v) is 15.3. The van der Waals surface area contributed by atoms with Crippen LogP contribution in [0.15, 0.2) is 30.3 Å². The second-order valence-electron chi connectivity index (χ2n) is 15.3. The van der Waals surface area contributed by atoms with E-state index in [1.165, 1.54) is 50.5 Å². The van der Waals surface area contributed by atoms with Crippen LogP contribution in [0.5, 0.6) is 0 Å². The van der Waals surface area contributed by atoms with E-state index in [0.29, 0.717) is 49.7 Å². The molecule has 2 saturated carbocycles. The number of morpholine rings is 1. The number of imidazole rings is 1. The Morgan fingerprint density at radius 1 is 1.09 bits per heavy atom. The topological polar surface area (TPSA) is 109 Å². The van der Waals surface area contributed by atoms with Gasteiger partial charge in [0.25, 0.3) is 0 Å². The van der Waals surface area contributed by atoms with Gasteiger partial charge in [0.05, 0.1) is 25.2 Å². The van der Waals surface area contributed by atoms with Crippen molar-refractivity contribution >= 4 is 34.8 Å². The van der Waals surface area contributed by atoms with E-state index in [-0.39, 0.29) is 12.1 Å². The van der Waals surface area contributed by atoms with Crippen LogP contribution in [0.2, 0.25) is 0 Å². The number of hydrogen-bond acceptors (Lipinski definition) is 8. The zero-order valence-electron chi connectivity index (χ0n) is 28.0. The quantitative estimate of drug-likeness (QED) is 0.279. The molecule has 10 heteroatoms. The van der Waals surface area contributed by atoms with Gasteiger partial charge in [-0.25, -0.2) is 0 Å². The first kappa shape index (κ1) is 31.2. The summed E-state index contributed by atoms with van der Waals surface area (Å²) in [5, 5.41) is 13.9. The Morgan fingerprint density at radius 2 is 1.85 bits per heavy atom. The van der Waals surface area contributed by atoms with Gasteiger partial charge in [0.15, 0.2) is 11.5 Å². The van der Waals surface area contributed by atoms with Gasteiger partial charge in [-0.15, -0.1) is 0 Å². The van der Waals surface area contributed by atoms with Crippen LogP contribution in [-0.2, 0) is 16.1 Å². The maximum Gasteiger partial charge on any atom is 0.308 e. The molecule has 0 radical (unpaired) electrons. The smallest absolute Gasteiger partial charge is 0.308 e. The highest BCUT2D eigenvalue weighted by atomic mass is 16.5. The molecule has 3 aromatic rings. The van der Waals surface area contributed by atoms with Crippen molar-refractivity contribution in [2.75, 3.05) is 48.0 Å². The largest absolute Gasteiger partial charge is 0.481 e. The third kappa shape index (κ3) is 6.05. The van der Waals surface area contributed by atoms with Gasteiger partial charge in [-0.3, -0.25) is 4.79 Å². The number of benzene rings is 1. The zero-order valence-corrected chi connectivity index (χ0v) is 28.0. The van der Waals surface area contributed by atoms with Crippen molar-refractivity contribution in [2.45, 2.75) is 91.3 Å². The van der Waals surface area contributed by atoms with E-state index in [9.17, 15) is 9.90 Å². The van der Waals surface area contributed by atoms with Crippen LogP contribution in [0.1, 0.15) is 84.2 Å². The minimum atomic E-state index is -0.766. The van der Waals surface area contributed by atoms with Crippen LogP contribution in [-0.4, -0.2) is 69.5 Å². The van der Waals surface area contributed by atoms with Crippen LogP contribution in [0.4, 0.5) is 17.7 Å². The molecule has 4 aliphatic rings. The minimum absolute atomic E-state index is 0.0466. The number of carboxylic acids is 1. The number of hydrogen-bond donors (Lipinski definition) is 2. The molecule has 1 aromatic carbocycles. The van der Waals surface area contributed by atoms with Crippen LogP contribution in [0.3, 0.4) is 0 Å². The average Bonchev–Trinajstić information content (AvgIpc) is 3.54. The molecule has 46 heavy (non-hydrogen) atoms. The van der Waals surface area contributed by atoms with Gasteiger partial charge in [-0.1, -0.05) is 70.4 Å². The molecule has 2 saturated heterocycles. The second kappa shape index (κ2) is 12.7. The van der Waals surface area contributed by atoms with Gasteiger partial charge in [-0.05, 0) is 61.3 Å². The predicted molar refractivity (Wildman–Crippen MR) is 181 cm³/mol. The van der Waals surface area contributed by atoms with Crippen molar-refractivity contribution in [3.05, 3.63) is 35.9 Å². The van der Waals surface area contributed by atoms with Gasteiger partial charge in [-0.2, -0.15) is 15.0 Å². The molecule has 2 N–H and O–H groups in total. The van der Waals surface area contributed by atoms with Crippen LogP contribution >= 0.6 is 0 Å². The summed E-state index contributed by atoms with van der Waals surface area (Å²) in [4.78, 5) is 32.4. The Morgan fingerprint density at radius 3 is 2.52 bits per heavy atom. The summed E-state index contributed by atoms with van der Waals surface area (Å²) in [6.07, 6.45) is 8.69. The number of anilines is 3. The van der Waals surface area contributed by atoms with Crippen LogP contribution in [0, 0.1) is 29.1 Å². The third-order valence-electron chi connectivity index (χ3n) is 11.5. The van der Waals surface area contributed by atoms with Gasteiger partial charge in [0.1, 0.15) is 5.52 Å². The molecule has 7 rings (SSSR count). The Balaban J connectivity index is 1.36. The summed E-state index contributed by atoms with van der Waals surface area (Å²) >= 11 is 0. The van der Waals surface area contributed by atoms with Crippen LogP contribution < -0.4 is 15.1 Å². The molecule has 2 aromatic heterocycles. The monoisotopic (exact) mass is 629 g/mol. The van der Waals surface area contributed by atoms with Crippen molar-refractivity contribution in [3.8, 4) is 0 Å². The van der Waals surface area contributed by atoms with Crippen molar-refractivity contribution in [1.29, 1.82) is 0 Å². The van der Waals surface area contributed by atoms with E-state index in [4.69, 9.17) is 19.7 Å². The van der Waals surface area contributed by atoms with E-state index in [1.54, 1.807) is 0 Å². The highest BCUT2D eigenvalue weighted by Crippen LogP contribution is 2.41. The summed E-state index contributed by atoms with van der Waals surface area (Å²) < 4.78 is 8.47. The number of aliphatic carboxylic acids is 1. The number of fused-ring (bicyclic) bond motifs is 1. The lowest BCUT2D eigenvalue weighted by molar-refractivity contribution is -0.143. The number of nitrogens with one attached hydrogen (secondary N) is 1. The molecule has 4 heterocycles. The number of ether oxygens (including phenoxy) is 1. The van der Waals surface area contributed by atoms with Crippen molar-refractivity contribution in [2.24, 2.45) is 29.1 Å². The fourth-order valence-electron chi connectivity index (χ4n) is 8.18. The third-order valence-corrected chi connectivity index (χ3v) is 11.5. The SMILES string of the molecule is C[C@@H](Nc1nc(N2CC(C(=O)O)C(C)(C)C2)nc2nc(N3CCOC[C@H]3c3ccccc3)n(C[C@H]3CC[C@H](C)CC3)c12)C1CCC1. The normalized spacial score (nSPS) is 27.5. The average molecular weight is 630 g/mol. The molecular weight excluding hydrogens is 578 g/mol. The van der Waals surface area contributed by atoms with Gasteiger partial charge >= 0.3 is 5.97 Å². The van der Waals surface area contributed by atoms with Crippen molar-refractivity contribution in [1.82, 2.24) is 19.5 Å². The van der Waals surface area contributed by atoms with E-state index >= 15 is 0 Å². The number of aromatic nitrogens is 4. The molecule has 0 spiro atoms. The molecule has 3 atom stereocenters. The first-order valence-electron chi connectivity index (χ1n) is 17.6. The first-order chi connectivity index (χ1) is 22.2. The standard InChI is InChI=1S/C36H51N7O3/c1-23-13-15-25(16-14-23)19-43-30-31(37-24(2)26-11-8-12-26)38-34(41-20-28(33(44)45)36(3,4)22-41)39-32(30)40-35(43)42-17-18-46-21-29(42)27-9-6-5-7-10-27/h5-7,9-10,23-26,28-29H,8,11-22H2,1-4H3,(H,44,45)(H,37,38,39)/t23-,24-,25-,28?,29+/m1/s1. The maximum atomic E-state index is 12.2. The van der Waals surface area contributed by atoms with Crippen molar-refractivity contribution in [3.63, 3.8) is 0 Å². The molecule has 2 aliphatic heterocycles. The molecule has 1 unspecified atom stereocenters. The Hall–Kier alpha value is -3.40. The number of carboxylic acid groups (broad SMARTS) is 1. The molecule has 0 bridgehead atoms. The molecule has 2 aliphatic carbocycles. The molecule has 10 nitrogen and oxygen atoms in total. The van der Waals surface area contributed by atoms with Crippen LogP contribution in [0.25, 0.3) is 11.2 Å². The Kier molecular flexibility index (Phi) is 8.59. The first-order valence-corrected chi connectivity index (χ1v) is 17.6. The molecular formula is C36H51N7O3. The highest BCUT2D eigenvalue weighted by Gasteiger charge is 2.45. The van der Waals surface area contributed by atoms with Gasteiger partial charge in [0.2, 0.25) is 11.9 Å². The Bertz CT molecular complexity index is 1530. The zero-order chi connectivity index (χ0) is 32.0. The lowest BCUT2D eigenvalue weighted by Gasteiger charge is -2.37. The van der Waals surface area contributed by atoms with E-state index in [2.05, 4.69) is 63.9 Å². The van der Waals surface area contributed by atoms with Crippen molar-refractivity contribution < 1.29 is 14.6 Å². The highest BCUT2D eigenvalue weighted by molar-refractivity contribution is 5.87. The van der Waals surface area contributed by atoms with E-state index < -0.39 is 17.3 Å². The fraction of sp³-hybridized carbons (Fsp3) is 0.667. The number of nitrogens with zero attached hydrogens (tertiary/aromatic N) is 6. The number of carbonyl (C=O) groups is 1. The maximum absolute atomic E-state index is 12.2. The molecule has 248 valence electrons. The Labute approximate surface area is 272 Å². The summed E-state index contributed by atoms with van der Waals surface area (Å²) in [5.74, 6) is 3.03. The fourth-order valence-corrected chi connectivity index (χ4v) is 8.18. The lowest BCUT2D eigenvalue weighted by Crippen LogP contribution is -2.41.